The lowest BCUT2D eigenvalue weighted by molar-refractivity contribution is -0.162. The lowest BCUT2D eigenvalue weighted by Gasteiger charge is -2.42. The summed E-state index contributed by atoms with van der Waals surface area (Å²) in [6.45, 7) is 11.7. The van der Waals surface area contributed by atoms with E-state index in [-0.39, 0.29) is 63.3 Å². The summed E-state index contributed by atoms with van der Waals surface area (Å²) in [6, 6.07) is 29.4. The molecule has 0 spiro atoms. The molecule has 24 heteroatoms. The number of hydrogen-bond donors (Lipinski definition) is 4. The van der Waals surface area contributed by atoms with E-state index in [1.807, 2.05) is 92.6 Å². The number of hydrogen-bond acceptors (Lipinski definition) is 16. The van der Waals surface area contributed by atoms with E-state index in [0.717, 1.165) is 44.4 Å². The van der Waals surface area contributed by atoms with Crippen LogP contribution in [0.1, 0.15) is 100 Å². The number of fused-ring (bicyclic) bond motifs is 9. The number of anilines is 1. The predicted molar refractivity (Wildman–Crippen MR) is 369 cm³/mol. The summed E-state index contributed by atoms with van der Waals surface area (Å²) in [6.07, 6.45) is 1.63. The van der Waals surface area contributed by atoms with Crippen LogP contribution in [0.4, 0.5) is 15.3 Å². The summed E-state index contributed by atoms with van der Waals surface area (Å²) in [5.41, 5.74) is 6.55. The van der Waals surface area contributed by atoms with Gasteiger partial charge in [-0.3, -0.25) is 19.7 Å². The number of likely N-dealkylation sites (N-methyl/N-ethyl adjacent to an activating group) is 1. The van der Waals surface area contributed by atoms with Crippen LogP contribution in [0.15, 0.2) is 115 Å². The maximum atomic E-state index is 14.4. The number of esters is 1. The van der Waals surface area contributed by atoms with E-state index < -0.39 is 71.8 Å². The van der Waals surface area contributed by atoms with Gasteiger partial charge in [0.1, 0.15) is 42.3 Å². The first-order chi connectivity index (χ1) is 45.9. The molecule has 0 saturated carbocycles. The molecule has 4 aromatic carbocycles. The van der Waals surface area contributed by atoms with E-state index in [0.29, 0.717) is 74.3 Å². The fraction of sp³-hybridized carbons (Fsp3) is 0.486. The average molecular weight is 1360 g/mol. The zero-order valence-electron chi connectivity index (χ0n) is 56.5. The van der Waals surface area contributed by atoms with Gasteiger partial charge in [0.05, 0.1) is 62.6 Å². The number of hydrazine groups is 1. The molecule has 8 atom stereocenters. The van der Waals surface area contributed by atoms with E-state index in [1.165, 1.54) is 47.0 Å². The highest BCUT2D eigenvalue weighted by Crippen LogP contribution is 2.50. The van der Waals surface area contributed by atoms with Gasteiger partial charge in [0, 0.05) is 97.2 Å². The van der Waals surface area contributed by atoms with Gasteiger partial charge in [0.25, 0.3) is 0 Å². The summed E-state index contributed by atoms with van der Waals surface area (Å²) in [5, 5.41) is 25.9. The Bertz CT molecular complexity index is 3670. The molecule has 9 rings (SSSR count). The van der Waals surface area contributed by atoms with Crippen LogP contribution in [-0.2, 0) is 71.8 Å². The number of rotatable bonds is 25. The number of carbonyl (C=O) groups is 6. The lowest BCUT2D eigenvalue weighted by atomic mass is 9.83. The smallest absolute Gasteiger partial charge is 0.424 e. The Kier molecular flexibility index (Phi) is 24.6. The number of thiocarbonyl (C=S) groups is 1. The molecule has 0 radical (unpaired) electrons. The van der Waals surface area contributed by atoms with Crippen molar-refractivity contribution in [3.05, 3.63) is 148 Å². The number of nitrogens with zero attached hydrogens (tertiary/aromatic N) is 5. The van der Waals surface area contributed by atoms with Gasteiger partial charge in [-0.25, -0.2) is 24.4 Å². The van der Waals surface area contributed by atoms with Gasteiger partial charge in [-0.1, -0.05) is 115 Å². The van der Waals surface area contributed by atoms with Crippen LogP contribution in [0, 0.1) is 12.8 Å². The standard InChI is InChI=1S/C72H91ClN8O14S/c1-45-19-17-27-61(89-10)72(88)42-60(93-69(86)76-72)47(3)66-71(5,95-66)62(41-64(84)79(8)59-39-49(37-45)38-46(2)65(59)73)94-67(85)48(4)78(7)63(83)29-33-90-35-36-91-34-31-75-68(96)74-30-18-21-52(82)28-32-81-51(40-50-20-11-16-26-58(50)81)43-77(6)80(9)70(87)92-44-57-55-24-14-12-22-53(55)54-23-13-15-25-56(54)57/h11-17,19-20,22-27,38-40,47-48,57,60-62,66,88H,18,21,28-37,41-44H2,1-10H3,(H,76,86)(H2,74,75,96)/b27-17+,45-19+/t47-,48+,60+,61-,62+,66?,71+,72-/m1/s1. The summed E-state index contributed by atoms with van der Waals surface area (Å²) in [7, 11) is 8.07. The largest absolute Gasteiger partial charge is 0.457 e. The minimum atomic E-state index is -1.86. The van der Waals surface area contributed by atoms with Gasteiger partial charge in [-0.05, 0) is 110 Å². The highest BCUT2D eigenvalue weighted by molar-refractivity contribution is 7.80. The number of halogens is 1. The van der Waals surface area contributed by atoms with Crippen LogP contribution >= 0.6 is 23.8 Å². The molecule has 2 fully saturated rings. The topological polar surface area (TPSA) is 245 Å². The Labute approximate surface area is 572 Å². The number of methoxy groups -OCH3 is 1. The molecule has 516 valence electrons. The van der Waals surface area contributed by atoms with Crippen molar-refractivity contribution in [2.45, 2.75) is 140 Å². The number of ether oxygens (including phenoxy) is 7. The fourth-order valence-electron chi connectivity index (χ4n) is 12.9. The van der Waals surface area contributed by atoms with Gasteiger partial charge >= 0.3 is 18.2 Å². The third-order valence-corrected chi connectivity index (χ3v) is 19.6. The number of aromatic nitrogens is 1. The minimum absolute atomic E-state index is 0.0416. The van der Waals surface area contributed by atoms with E-state index in [9.17, 15) is 33.9 Å². The molecule has 4 aliphatic rings. The third kappa shape index (κ3) is 17.5. The lowest BCUT2D eigenvalue weighted by Crippen LogP contribution is -2.63. The van der Waals surface area contributed by atoms with Crippen molar-refractivity contribution in [2.24, 2.45) is 5.92 Å². The second-order valence-electron chi connectivity index (χ2n) is 25.6. The number of amides is 4. The monoisotopic (exact) mass is 1360 g/mol. The number of allylic oxidation sites excluding steroid dienone is 3. The second-order valence-corrected chi connectivity index (χ2v) is 26.3. The number of para-hydroxylation sites is 1. The number of ketones is 1. The van der Waals surface area contributed by atoms with Crippen LogP contribution < -0.4 is 20.9 Å². The van der Waals surface area contributed by atoms with E-state index in [2.05, 4.69) is 50.8 Å². The van der Waals surface area contributed by atoms with Crippen molar-refractivity contribution in [1.29, 1.82) is 0 Å². The van der Waals surface area contributed by atoms with Crippen LogP contribution in [0.3, 0.4) is 0 Å². The molecular formula is C72H91ClN8O14S. The van der Waals surface area contributed by atoms with E-state index in [1.54, 1.807) is 40.1 Å². The van der Waals surface area contributed by atoms with Crippen molar-refractivity contribution in [3.8, 4) is 11.1 Å². The Hall–Kier alpha value is -7.74. The molecule has 1 unspecified atom stereocenters. The van der Waals surface area contributed by atoms with Gasteiger partial charge in [0.15, 0.2) is 10.8 Å². The van der Waals surface area contributed by atoms with Gasteiger partial charge in [0.2, 0.25) is 11.8 Å². The highest BCUT2D eigenvalue weighted by Gasteiger charge is 2.64. The first kappa shape index (κ1) is 72.5. The normalized spacial score (nSPS) is 22.9. The number of aliphatic hydroxyl groups is 1. The zero-order chi connectivity index (χ0) is 69.0. The van der Waals surface area contributed by atoms with Gasteiger partial charge in [-0.2, -0.15) is 0 Å². The molecule has 4 bridgehead atoms. The molecule has 5 aromatic rings. The molecule has 4 heterocycles. The Morgan fingerprint density at radius 2 is 1.57 bits per heavy atom. The SMILES string of the molecule is CO[C@@H]1/C=C/C=C(\C)Cc2cc(C)c(Cl)c(c2)N(C)C(=O)C[C@H](OC(=O)[C@H](C)N(C)C(=O)CCOCCOCCNC(=S)NCCCC(=O)CCn2c(CN(C)N(C)C(=O)OCC3c4ccccc4-c4ccccc43)cc3ccccc32)[C@]2(C)OC2[C@H](C)[C@@H]2C[C@]1(O)NC(=O)O2. The van der Waals surface area contributed by atoms with Crippen LogP contribution in [0.2, 0.25) is 5.02 Å². The Morgan fingerprint density at radius 3 is 2.29 bits per heavy atom. The maximum Gasteiger partial charge on any atom is 0.424 e. The van der Waals surface area contributed by atoms with Crippen molar-refractivity contribution in [2.75, 3.05) is 86.3 Å². The second kappa shape index (κ2) is 32.5. The number of Topliss-reactive ketones (excluding diaryl/α,β-unsaturated/α-hetero) is 1. The summed E-state index contributed by atoms with van der Waals surface area (Å²) in [4.78, 5) is 84.4. The third-order valence-electron chi connectivity index (χ3n) is 18.8. The maximum absolute atomic E-state index is 14.4. The van der Waals surface area contributed by atoms with E-state index >= 15 is 0 Å². The van der Waals surface area contributed by atoms with Crippen molar-refractivity contribution >= 4 is 81.3 Å². The highest BCUT2D eigenvalue weighted by atomic mass is 35.5. The molecule has 4 amide bonds. The van der Waals surface area contributed by atoms with Crippen molar-refractivity contribution in [1.82, 2.24) is 35.4 Å². The number of benzene rings is 4. The van der Waals surface area contributed by atoms with Crippen molar-refractivity contribution < 1.29 is 67.0 Å². The number of epoxide rings is 1. The molecule has 3 aliphatic heterocycles. The van der Waals surface area contributed by atoms with Gasteiger partial charge < -0.3 is 63.3 Å². The van der Waals surface area contributed by atoms with Crippen LogP contribution in [0.25, 0.3) is 22.0 Å². The summed E-state index contributed by atoms with van der Waals surface area (Å²) in [5.74, 6) is -2.07. The average Bonchev–Trinajstić information content (AvgIpc) is 1.58. The predicted octanol–water partition coefficient (Wildman–Crippen LogP) is 9.32. The molecule has 1 aromatic heterocycles. The molecular weight excluding hydrogens is 1270 g/mol. The number of nitrogens with one attached hydrogen (secondary N) is 3. The molecule has 22 nitrogen and oxygen atoms in total. The van der Waals surface area contributed by atoms with Gasteiger partial charge in [-0.15, -0.1) is 0 Å². The Balaban J connectivity index is 0.667. The first-order valence-electron chi connectivity index (χ1n) is 32.7. The molecule has 1 aliphatic carbocycles. The molecule has 2 saturated heterocycles. The minimum Gasteiger partial charge on any atom is -0.457 e. The fourth-order valence-corrected chi connectivity index (χ4v) is 13.3. The van der Waals surface area contributed by atoms with E-state index in [4.69, 9.17) is 57.0 Å². The quantitative estimate of drug-likeness (QED) is 0.0106. The number of aryl methyl sites for hydroxylation is 2. The van der Waals surface area contributed by atoms with Crippen LogP contribution in [0.5, 0.6) is 0 Å². The van der Waals surface area contributed by atoms with Crippen molar-refractivity contribution in [3.63, 3.8) is 0 Å². The molecule has 4 N–H and O–H groups in total. The summed E-state index contributed by atoms with van der Waals surface area (Å²) < 4.78 is 43.4. The summed E-state index contributed by atoms with van der Waals surface area (Å²) >= 11 is 12.3. The van der Waals surface area contributed by atoms with Crippen LogP contribution in [-0.4, -0.2) is 189 Å². The number of alkyl carbamates (subject to hydrolysis) is 1. The Morgan fingerprint density at radius 1 is 0.896 bits per heavy atom. The zero-order valence-corrected chi connectivity index (χ0v) is 58.1. The molecule has 96 heavy (non-hydrogen) atoms. The number of carbonyl (C=O) groups excluding carboxylic acids is 6. The first-order valence-corrected chi connectivity index (χ1v) is 33.5.